The minimum Gasteiger partial charge on any atom is -0.290 e. The SMILES string of the molecule is Cc1cn(-n2cnc3c(=O)[nH]c(=O)[nH]c32)c(=O)[nH]c1=O. The van der Waals surface area contributed by atoms with Gasteiger partial charge in [0.05, 0.1) is 0 Å². The monoisotopic (exact) mass is 276 g/mol. The number of rotatable bonds is 1. The molecule has 0 radical (unpaired) electrons. The summed E-state index contributed by atoms with van der Waals surface area (Å²) in [6, 6.07) is 0. The maximum Gasteiger partial charge on any atom is 0.347 e. The first kappa shape index (κ1) is 11.9. The highest BCUT2D eigenvalue weighted by atomic mass is 16.2. The standard InChI is InChI=1S/C10H8N6O4/c1-4-2-15(10(20)14-7(4)17)16-3-11-5-6(16)12-9(19)13-8(5)18/h2-3H,1H3,(H,14,17,20)(H2,12,13,18,19). The summed E-state index contributed by atoms with van der Waals surface area (Å²) in [4.78, 5) is 56.3. The van der Waals surface area contributed by atoms with E-state index < -0.39 is 22.5 Å². The van der Waals surface area contributed by atoms with Crippen LogP contribution in [0.3, 0.4) is 0 Å². The van der Waals surface area contributed by atoms with Crippen LogP contribution in [0.4, 0.5) is 0 Å². The molecule has 0 aromatic carbocycles. The van der Waals surface area contributed by atoms with E-state index in [1.165, 1.54) is 19.4 Å². The van der Waals surface area contributed by atoms with Gasteiger partial charge in [-0.15, -0.1) is 0 Å². The first-order chi connectivity index (χ1) is 9.47. The third kappa shape index (κ3) is 1.62. The fourth-order valence-corrected chi connectivity index (χ4v) is 1.80. The van der Waals surface area contributed by atoms with Gasteiger partial charge in [0, 0.05) is 11.8 Å². The van der Waals surface area contributed by atoms with Gasteiger partial charge in [-0.1, -0.05) is 0 Å². The number of aromatic nitrogens is 6. The zero-order valence-electron chi connectivity index (χ0n) is 10.1. The summed E-state index contributed by atoms with van der Waals surface area (Å²) in [6.45, 7) is 1.52. The van der Waals surface area contributed by atoms with Gasteiger partial charge < -0.3 is 0 Å². The molecule has 0 unspecified atom stereocenters. The van der Waals surface area contributed by atoms with Crippen molar-refractivity contribution in [1.29, 1.82) is 0 Å². The molecular formula is C10H8N6O4. The van der Waals surface area contributed by atoms with Crippen LogP contribution in [0.1, 0.15) is 5.56 Å². The first-order valence-corrected chi connectivity index (χ1v) is 5.50. The van der Waals surface area contributed by atoms with Gasteiger partial charge in [-0.25, -0.2) is 23.9 Å². The van der Waals surface area contributed by atoms with Gasteiger partial charge in [0.2, 0.25) is 0 Å². The lowest BCUT2D eigenvalue weighted by atomic mass is 10.4. The second-order valence-electron chi connectivity index (χ2n) is 4.11. The molecule has 0 bridgehead atoms. The van der Waals surface area contributed by atoms with E-state index in [0.29, 0.717) is 5.56 Å². The highest BCUT2D eigenvalue weighted by Gasteiger charge is 2.11. The van der Waals surface area contributed by atoms with E-state index in [9.17, 15) is 19.2 Å². The Kier molecular flexibility index (Phi) is 2.33. The van der Waals surface area contributed by atoms with Crippen molar-refractivity contribution < 1.29 is 0 Å². The molecule has 102 valence electrons. The third-order valence-electron chi connectivity index (χ3n) is 2.76. The quantitative estimate of drug-likeness (QED) is 0.466. The molecular weight excluding hydrogens is 268 g/mol. The Balaban J connectivity index is 2.45. The van der Waals surface area contributed by atoms with Crippen LogP contribution in [0, 0.1) is 6.92 Å². The van der Waals surface area contributed by atoms with Crippen molar-refractivity contribution in [3.05, 3.63) is 59.8 Å². The van der Waals surface area contributed by atoms with E-state index in [1.54, 1.807) is 0 Å². The molecule has 3 aromatic rings. The molecule has 0 aliphatic carbocycles. The molecule has 20 heavy (non-hydrogen) atoms. The topological polar surface area (TPSA) is 138 Å². The predicted molar refractivity (Wildman–Crippen MR) is 67.8 cm³/mol. The van der Waals surface area contributed by atoms with Gasteiger partial charge in [0.25, 0.3) is 11.1 Å². The summed E-state index contributed by atoms with van der Waals surface area (Å²) in [7, 11) is 0. The van der Waals surface area contributed by atoms with Crippen LogP contribution >= 0.6 is 0 Å². The molecule has 10 heteroatoms. The molecule has 0 aliphatic heterocycles. The number of nitrogens with zero attached hydrogens (tertiary/aromatic N) is 3. The molecule has 0 saturated heterocycles. The van der Waals surface area contributed by atoms with Gasteiger partial charge >= 0.3 is 11.4 Å². The van der Waals surface area contributed by atoms with Gasteiger partial charge in [0.1, 0.15) is 6.33 Å². The van der Waals surface area contributed by atoms with Crippen LogP contribution in [-0.4, -0.2) is 29.3 Å². The fraction of sp³-hybridized carbons (Fsp3) is 0.100. The summed E-state index contributed by atoms with van der Waals surface area (Å²) in [6.07, 6.45) is 2.47. The van der Waals surface area contributed by atoms with Crippen molar-refractivity contribution in [1.82, 2.24) is 29.3 Å². The molecule has 3 N–H and O–H groups in total. The predicted octanol–water partition coefficient (Wildman–Crippen LogP) is -2.12. The smallest absolute Gasteiger partial charge is 0.290 e. The normalized spacial score (nSPS) is 11.1. The Morgan fingerprint density at radius 2 is 1.75 bits per heavy atom. The summed E-state index contributed by atoms with van der Waals surface area (Å²) >= 11 is 0. The van der Waals surface area contributed by atoms with Crippen molar-refractivity contribution in [2.75, 3.05) is 0 Å². The van der Waals surface area contributed by atoms with Crippen molar-refractivity contribution in [3.63, 3.8) is 0 Å². The third-order valence-corrected chi connectivity index (χ3v) is 2.76. The molecule has 0 fully saturated rings. The number of H-pyrrole nitrogens is 3. The summed E-state index contributed by atoms with van der Waals surface area (Å²) in [5.41, 5.74) is -2.32. The van der Waals surface area contributed by atoms with Crippen molar-refractivity contribution >= 4 is 11.2 Å². The van der Waals surface area contributed by atoms with Crippen LogP contribution in [0.2, 0.25) is 0 Å². The zero-order valence-corrected chi connectivity index (χ0v) is 10.1. The molecule has 3 heterocycles. The van der Waals surface area contributed by atoms with Crippen LogP contribution in [-0.2, 0) is 0 Å². The molecule has 0 atom stereocenters. The van der Waals surface area contributed by atoms with E-state index in [-0.39, 0.29) is 11.2 Å². The molecule has 0 aliphatic rings. The molecule has 3 aromatic heterocycles. The summed E-state index contributed by atoms with van der Waals surface area (Å²) in [5.74, 6) is 0. The van der Waals surface area contributed by atoms with Gasteiger partial charge in [-0.05, 0) is 6.92 Å². The number of imidazole rings is 1. The minimum atomic E-state index is -0.724. The molecule has 0 amide bonds. The van der Waals surface area contributed by atoms with Crippen molar-refractivity contribution in [2.45, 2.75) is 6.92 Å². The Bertz CT molecular complexity index is 1050. The molecule has 0 saturated carbocycles. The minimum absolute atomic E-state index is 0.0275. The zero-order chi connectivity index (χ0) is 14.4. The lowest BCUT2D eigenvalue weighted by molar-refractivity contribution is 0.614. The molecule has 10 nitrogen and oxygen atoms in total. The van der Waals surface area contributed by atoms with Crippen LogP contribution in [0.25, 0.3) is 11.2 Å². The summed E-state index contributed by atoms with van der Waals surface area (Å²) in [5, 5.41) is 0. The van der Waals surface area contributed by atoms with Crippen molar-refractivity contribution in [3.8, 4) is 0 Å². The second kappa shape index (κ2) is 3.91. The van der Waals surface area contributed by atoms with Crippen LogP contribution < -0.4 is 22.5 Å². The average molecular weight is 276 g/mol. The Hall–Kier alpha value is -3.17. The summed E-state index contributed by atoms with van der Waals surface area (Å²) < 4.78 is 2.19. The number of hydrogen-bond acceptors (Lipinski definition) is 5. The van der Waals surface area contributed by atoms with Gasteiger partial charge in [-0.2, -0.15) is 0 Å². The molecule has 0 spiro atoms. The number of aryl methyl sites for hydroxylation is 1. The van der Waals surface area contributed by atoms with E-state index >= 15 is 0 Å². The van der Waals surface area contributed by atoms with E-state index in [2.05, 4.69) is 15.0 Å². The highest BCUT2D eigenvalue weighted by molar-refractivity contribution is 5.68. The van der Waals surface area contributed by atoms with E-state index in [4.69, 9.17) is 0 Å². The maximum absolute atomic E-state index is 11.8. The van der Waals surface area contributed by atoms with Crippen LogP contribution in [0.15, 0.2) is 31.7 Å². The van der Waals surface area contributed by atoms with E-state index in [1.807, 2.05) is 4.98 Å². The van der Waals surface area contributed by atoms with E-state index in [0.717, 1.165) is 9.35 Å². The molecule has 3 rings (SSSR count). The second-order valence-corrected chi connectivity index (χ2v) is 4.11. The Morgan fingerprint density at radius 1 is 1.00 bits per heavy atom. The largest absolute Gasteiger partial charge is 0.347 e. The van der Waals surface area contributed by atoms with Crippen LogP contribution in [0.5, 0.6) is 0 Å². The Labute approximate surface area is 108 Å². The lowest BCUT2D eigenvalue weighted by Crippen LogP contribution is -2.34. The highest BCUT2D eigenvalue weighted by Crippen LogP contribution is 2.01. The average Bonchev–Trinajstić information content (AvgIpc) is 2.77. The Morgan fingerprint density at radius 3 is 2.50 bits per heavy atom. The number of hydrogen-bond donors (Lipinski definition) is 3. The van der Waals surface area contributed by atoms with Crippen molar-refractivity contribution in [2.24, 2.45) is 0 Å². The first-order valence-electron chi connectivity index (χ1n) is 5.50. The number of aromatic amines is 3. The maximum atomic E-state index is 11.8. The lowest BCUT2D eigenvalue weighted by Gasteiger charge is -2.06. The van der Waals surface area contributed by atoms with Gasteiger partial charge in [0.15, 0.2) is 11.2 Å². The number of fused-ring (bicyclic) bond motifs is 1. The number of nitrogens with one attached hydrogen (secondary N) is 3. The fourth-order valence-electron chi connectivity index (χ4n) is 1.80. The van der Waals surface area contributed by atoms with Gasteiger partial charge in [-0.3, -0.25) is 24.5 Å².